The fourth-order valence-corrected chi connectivity index (χ4v) is 2.60. The van der Waals surface area contributed by atoms with Crippen LogP contribution in [-0.4, -0.2) is 55.0 Å². The van der Waals surface area contributed by atoms with Gasteiger partial charge in [-0.2, -0.15) is 0 Å². The standard InChI is InChI=1S/C14H19Cl2N3O/c1-2-18-6-8-19(9-7-18)10-13(20)17-12-5-3-4-11(15)14(12)16/h3-5H,2,6-10H2,1H3,(H,17,20). The van der Waals surface area contributed by atoms with E-state index in [2.05, 4.69) is 22.0 Å². The van der Waals surface area contributed by atoms with Gasteiger partial charge >= 0.3 is 0 Å². The summed E-state index contributed by atoms with van der Waals surface area (Å²) in [6, 6.07) is 5.22. The third-order valence-corrected chi connectivity index (χ3v) is 4.32. The van der Waals surface area contributed by atoms with Gasteiger partial charge < -0.3 is 10.2 Å². The van der Waals surface area contributed by atoms with Gasteiger partial charge in [-0.15, -0.1) is 0 Å². The van der Waals surface area contributed by atoms with Crippen LogP contribution in [0.2, 0.25) is 10.0 Å². The second-order valence-electron chi connectivity index (χ2n) is 4.86. The van der Waals surface area contributed by atoms with Crippen molar-refractivity contribution >= 4 is 34.8 Å². The molecule has 1 amide bonds. The Bertz CT molecular complexity index is 473. The molecule has 6 heteroatoms. The highest BCUT2D eigenvalue weighted by Gasteiger charge is 2.18. The summed E-state index contributed by atoms with van der Waals surface area (Å²) < 4.78 is 0. The number of rotatable bonds is 4. The number of halogens is 2. The minimum Gasteiger partial charge on any atom is -0.324 e. The van der Waals surface area contributed by atoms with Gasteiger partial charge in [0.2, 0.25) is 5.91 Å². The van der Waals surface area contributed by atoms with Crippen LogP contribution in [0.4, 0.5) is 5.69 Å². The first-order valence-corrected chi connectivity index (χ1v) is 7.54. The first-order chi connectivity index (χ1) is 9.60. The van der Waals surface area contributed by atoms with E-state index in [1.807, 2.05) is 0 Å². The van der Waals surface area contributed by atoms with Gasteiger partial charge in [0.05, 0.1) is 22.3 Å². The fourth-order valence-electron chi connectivity index (χ4n) is 2.26. The number of piperazine rings is 1. The third-order valence-electron chi connectivity index (χ3n) is 3.51. The van der Waals surface area contributed by atoms with E-state index in [9.17, 15) is 4.79 Å². The van der Waals surface area contributed by atoms with E-state index < -0.39 is 0 Å². The quantitative estimate of drug-likeness (QED) is 0.927. The second kappa shape index (κ2) is 7.27. The molecule has 1 aromatic carbocycles. The maximum absolute atomic E-state index is 12.0. The van der Waals surface area contributed by atoms with Gasteiger partial charge in [-0.3, -0.25) is 9.69 Å². The Hall–Kier alpha value is -0.810. The van der Waals surface area contributed by atoms with Gasteiger partial charge in [-0.25, -0.2) is 0 Å². The number of nitrogens with one attached hydrogen (secondary N) is 1. The average molecular weight is 316 g/mol. The van der Waals surface area contributed by atoms with Gasteiger partial charge in [0, 0.05) is 26.2 Å². The highest BCUT2D eigenvalue weighted by Crippen LogP contribution is 2.29. The molecule has 0 spiro atoms. The van der Waals surface area contributed by atoms with Crippen LogP contribution in [0.1, 0.15) is 6.92 Å². The summed E-state index contributed by atoms with van der Waals surface area (Å²) in [5.41, 5.74) is 0.566. The molecule has 0 saturated carbocycles. The smallest absolute Gasteiger partial charge is 0.238 e. The van der Waals surface area contributed by atoms with Gasteiger partial charge in [0.15, 0.2) is 0 Å². The molecule has 0 unspecified atom stereocenters. The largest absolute Gasteiger partial charge is 0.324 e. The molecule has 20 heavy (non-hydrogen) atoms. The van der Waals surface area contributed by atoms with Crippen LogP contribution in [0.5, 0.6) is 0 Å². The minimum absolute atomic E-state index is 0.0564. The molecular formula is C14H19Cl2N3O. The van der Waals surface area contributed by atoms with Crippen LogP contribution in [0.15, 0.2) is 18.2 Å². The lowest BCUT2D eigenvalue weighted by Crippen LogP contribution is -2.48. The monoisotopic (exact) mass is 315 g/mol. The lowest BCUT2D eigenvalue weighted by atomic mass is 10.3. The lowest BCUT2D eigenvalue weighted by Gasteiger charge is -2.33. The summed E-state index contributed by atoms with van der Waals surface area (Å²) in [5.74, 6) is -0.0564. The van der Waals surface area contributed by atoms with Crippen molar-refractivity contribution in [3.8, 4) is 0 Å². The van der Waals surface area contributed by atoms with Gasteiger partial charge in [-0.05, 0) is 18.7 Å². The Morgan fingerprint density at radius 3 is 2.50 bits per heavy atom. The van der Waals surface area contributed by atoms with E-state index in [1.54, 1.807) is 18.2 Å². The molecule has 2 rings (SSSR count). The van der Waals surface area contributed by atoms with E-state index in [0.29, 0.717) is 22.3 Å². The van der Waals surface area contributed by atoms with Crippen LogP contribution in [0.25, 0.3) is 0 Å². The predicted molar refractivity (Wildman–Crippen MR) is 83.6 cm³/mol. The summed E-state index contributed by atoms with van der Waals surface area (Å²) in [6.45, 7) is 7.49. The summed E-state index contributed by atoms with van der Waals surface area (Å²) in [6.07, 6.45) is 0. The third kappa shape index (κ3) is 4.09. The van der Waals surface area contributed by atoms with Gasteiger partial charge in [0.1, 0.15) is 0 Å². The molecule has 4 nitrogen and oxygen atoms in total. The molecule has 1 aliphatic heterocycles. The number of likely N-dealkylation sites (N-methyl/N-ethyl adjacent to an activating group) is 1. The fraction of sp³-hybridized carbons (Fsp3) is 0.500. The molecular weight excluding hydrogens is 297 g/mol. The number of amides is 1. The lowest BCUT2D eigenvalue weighted by molar-refractivity contribution is -0.117. The first-order valence-electron chi connectivity index (χ1n) is 6.78. The molecule has 0 aliphatic carbocycles. The van der Waals surface area contributed by atoms with Crippen molar-refractivity contribution in [1.29, 1.82) is 0 Å². The zero-order valence-corrected chi connectivity index (χ0v) is 13.0. The molecule has 1 saturated heterocycles. The van der Waals surface area contributed by atoms with Crippen LogP contribution >= 0.6 is 23.2 Å². The SMILES string of the molecule is CCN1CCN(CC(=O)Nc2cccc(Cl)c2Cl)CC1. The number of nitrogens with zero attached hydrogens (tertiary/aromatic N) is 2. The Kier molecular flexibility index (Phi) is 5.66. The van der Waals surface area contributed by atoms with Crippen molar-refractivity contribution in [1.82, 2.24) is 9.80 Å². The highest BCUT2D eigenvalue weighted by atomic mass is 35.5. The Balaban J connectivity index is 1.85. The molecule has 110 valence electrons. The molecule has 1 fully saturated rings. The van der Waals surface area contributed by atoms with Gasteiger partial charge in [-0.1, -0.05) is 36.2 Å². The van der Waals surface area contributed by atoms with Crippen molar-refractivity contribution in [3.63, 3.8) is 0 Å². The summed E-state index contributed by atoms with van der Waals surface area (Å²) in [4.78, 5) is 16.6. The maximum atomic E-state index is 12.0. The molecule has 1 aliphatic rings. The topological polar surface area (TPSA) is 35.6 Å². The zero-order valence-electron chi connectivity index (χ0n) is 11.5. The maximum Gasteiger partial charge on any atom is 0.238 e. The molecule has 1 aromatic rings. The number of hydrogen-bond acceptors (Lipinski definition) is 3. The highest BCUT2D eigenvalue weighted by molar-refractivity contribution is 6.43. The van der Waals surface area contributed by atoms with Crippen molar-refractivity contribution in [2.24, 2.45) is 0 Å². The summed E-state index contributed by atoms with van der Waals surface area (Å²) >= 11 is 12.0. The van der Waals surface area contributed by atoms with Crippen LogP contribution < -0.4 is 5.32 Å². The minimum atomic E-state index is -0.0564. The molecule has 0 bridgehead atoms. The predicted octanol–water partition coefficient (Wildman–Crippen LogP) is 2.57. The molecule has 0 radical (unpaired) electrons. The van der Waals surface area contributed by atoms with E-state index in [-0.39, 0.29) is 5.91 Å². The Labute approximate surface area is 129 Å². The zero-order chi connectivity index (χ0) is 14.5. The number of carbonyl (C=O) groups is 1. The van der Waals surface area contributed by atoms with Crippen LogP contribution in [0.3, 0.4) is 0 Å². The van der Waals surface area contributed by atoms with Crippen LogP contribution in [0, 0.1) is 0 Å². The number of anilines is 1. The van der Waals surface area contributed by atoms with Crippen molar-refractivity contribution in [2.75, 3.05) is 44.6 Å². The Morgan fingerprint density at radius 2 is 1.85 bits per heavy atom. The first kappa shape index (κ1) is 15.6. The van der Waals surface area contributed by atoms with E-state index in [0.717, 1.165) is 32.7 Å². The summed E-state index contributed by atoms with van der Waals surface area (Å²) in [5, 5.41) is 3.65. The number of hydrogen-bond donors (Lipinski definition) is 1. The van der Waals surface area contributed by atoms with Crippen molar-refractivity contribution < 1.29 is 4.79 Å². The average Bonchev–Trinajstić information content (AvgIpc) is 2.45. The molecule has 1 heterocycles. The van der Waals surface area contributed by atoms with Crippen molar-refractivity contribution in [3.05, 3.63) is 28.2 Å². The Morgan fingerprint density at radius 1 is 1.20 bits per heavy atom. The molecule has 1 N–H and O–H groups in total. The van der Waals surface area contributed by atoms with Crippen molar-refractivity contribution in [2.45, 2.75) is 6.92 Å². The van der Waals surface area contributed by atoms with E-state index in [1.165, 1.54) is 0 Å². The van der Waals surface area contributed by atoms with E-state index >= 15 is 0 Å². The van der Waals surface area contributed by atoms with Crippen LogP contribution in [-0.2, 0) is 4.79 Å². The number of benzene rings is 1. The second-order valence-corrected chi connectivity index (χ2v) is 5.65. The summed E-state index contributed by atoms with van der Waals surface area (Å²) in [7, 11) is 0. The molecule has 0 aromatic heterocycles. The number of carbonyl (C=O) groups excluding carboxylic acids is 1. The normalized spacial score (nSPS) is 17.1. The molecule has 0 atom stereocenters. The van der Waals surface area contributed by atoms with E-state index in [4.69, 9.17) is 23.2 Å². The van der Waals surface area contributed by atoms with Gasteiger partial charge in [0.25, 0.3) is 0 Å².